The predicted molar refractivity (Wildman–Crippen MR) is 114 cm³/mol. The summed E-state index contributed by atoms with van der Waals surface area (Å²) in [5, 5.41) is 12.1. The van der Waals surface area contributed by atoms with Gasteiger partial charge < -0.3 is 26.0 Å². The van der Waals surface area contributed by atoms with E-state index in [2.05, 4.69) is 21.3 Å². The summed E-state index contributed by atoms with van der Waals surface area (Å²) in [4.78, 5) is 23.9. The van der Waals surface area contributed by atoms with E-state index in [4.69, 9.17) is 16.3 Å². The standard InChI is InChI=1S/C21H25ClN4O3/c22-16-3-1-15(2-4-16)13-23-21(28)24-14-20(27)26-18-7-5-17(6-8-18)25-19-9-11-29-12-10-19/h1-8,19,25H,9-14H2,(H,26,27)(H2,23,24,28). The Balaban J connectivity index is 1.36. The zero-order chi connectivity index (χ0) is 20.5. The Bertz CT molecular complexity index is 806. The molecule has 2 aromatic rings. The second kappa shape index (κ2) is 10.7. The molecule has 0 bridgehead atoms. The van der Waals surface area contributed by atoms with Crippen LogP contribution in [0.25, 0.3) is 0 Å². The van der Waals surface area contributed by atoms with Gasteiger partial charge in [0.15, 0.2) is 0 Å². The average Bonchev–Trinajstić information content (AvgIpc) is 2.74. The molecule has 0 spiro atoms. The Morgan fingerprint density at radius 3 is 2.28 bits per heavy atom. The third-order valence-corrected chi connectivity index (χ3v) is 4.79. The fraction of sp³-hybridized carbons (Fsp3) is 0.333. The minimum Gasteiger partial charge on any atom is -0.382 e. The molecule has 1 saturated heterocycles. The minimum absolute atomic E-state index is 0.117. The van der Waals surface area contributed by atoms with Crippen LogP contribution in [0, 0.1) is 0 Å². The van der Waals surface area contributed by atoms with Crippen molar-refractivity contribution in [2.75, 3.05) is 30.4 Å². The van der Waals surface area contributed by atoms with Crippen LogP contribution >= 0.6 is 11.6 Å². The molecule has 154 valence electrons. The third kappa shape index (κ3) is 7.29. The number of urea groups is 1. The molecule has 4 N–H and O–H groups in total. The van der Waals surface area contributed by atoms with Crippen LogP contribution in [0.15, 0.2) is 48.5 Å². The number of rotatable bonds is 7. The van der Waals surface area contributed by atoms with Crippen molar-refractivity contribution in [1.82, 2.24) is 10.6 Å². The molecule has 0 saturated carbocycles. The number of nitrogens with one attached hydrogen (secondary N) is 4. The smallest absolute Gasteiger partial charge is 0.315 e. The van der Waals surface area contributed by atoms with Crippen LogP contribution in [0.3, 0.4) is 0 Å². The molecular formula is C21H25ClN4O3. The lowest BCUT2D eigenvalue weighted by Gasteiger charge is -2.24. The van der Waals surface area contributed by atoms with Crippen molar-refractivity contribution in [2.45, 2.75) is 25.4 Å². The summed E-state index contributed by atoms with van der Waals surface area (Å²) >= 11 is 5.83. The van der Waals surface area contributed by atoms with Crippen molar-refractivity contribution in [3.63, 3.8) is 0 Å². The van der Waals surface area contributed by atoms with Crippen molar-refractivity contribution < 1.29 is 14.3 Å². The molecular weight excluding hydrogens is 392 g/mol. The van der Waals surface area contributed by atoms with Crippen molar-refractivity contribution in [3.05, 3.63) is 59.1 Å². The molecule has 29 heavy (non-hydrogen) atoms. The van der Waals surface area contributed by atoms with Gasteiger partial charge in [0, 0.05) is 42.2 Å². The summed E-state index contributed by atoms with van der Waals surface area (Å²) in [7, 11) is 0. The number of halogens is 1. The number of amides is 3. The minimum atomic E-state index is -0.411. The number of benzene rings is 2. The largest absolute Gasteiger partial charge is 0.382 e. The van der Waals surface area contributed by atoms with Gasteiger partial charge >= 0.3 is 6.03 Å². The molecule has 2 aromatic carbocycles. The van der Waals surface area contributed by atoms with Crippen LogP contribution in [0.5, 0.6) is 0 Å². The molecule has 0 radical (unpaired) electrons. The lowest BCUT2D eigenvalue weighted by molar-refractivity contribution is -0.115. The number of hydrogen-bond donors (Lipinski definition) is 4. The quantitative estimate of drug-likeness (QED) is 0.557. The predicted octanol–water partition coefficient (Wildman–Crippen LogP) is 3.37. The number of carbonyl (C=O) groups excluding carboxylic acids is 2. The third-order valence-electron chi connectivity index (χ3n) is 4.54. The molecule has 1 aliphatic rings. The molecule has 1 aliphatic heterocycles. The first-order valence-corrected chi connectivity index (χ1v) is 9.96. The van der Waals surface area contributed by atoms with Crippen LogP contribution in [-0.2, 0) is 16.1 Å². The maximum Gasteiger partial charge on any atom is 0.315 e. The highest BCUT2D eigenvalue weighted by Gasteiger charge is 2.13. The fourth-order valence-electron chi connectivity index (χ4n) is 2.94. The number of anilines is 2. The topological polar surface area (TPSA) is 91.5 Å². The molecule has 8 heteroatoms. The number of hydrogen-bond acceptors (Lipinski definition) is 4. The van der Waals surface area contributed by atoms with E-state index in [9.17, 15) is 9.59 Å². The first kappa shape index (κ1) is 21.0. The molecule has 3 amide bonds. The van der Waals surface area contributed by atoms with Crippen LogP contribution in [-0.4, -0.2) is 37.7 Å². The van der Waals surface area contributed by atoms with Crippen LogP contribution < -0.4 is 21.3 Å². The van der Waals surface area contributed by atoms with E-state index in [1.165, 1.54) is 0 Å². The maximum absolute atomic E-state index is 12.0. The molecule has 7 nitrogen and oxygen atoms in total. The average molecular weight is 417 g/mol. The van der Waals surface area contributed by atoms with Gasteiger partial charge in [0.25, 0.3) is 0 Å². The first-order valence-electron chi connectivity index (χ1n) is 9.59. The van der Waals surface area contributed by atoms with E-state index in [0.29, 0.717) is 23.3 Å². The zero-order valence-corrected chi connectivity index (χ0v) is 16.8. The summed E-state index contributed by atoms with van der Waals surface area (Å²) in [6.07, 6.45) is 1.98. The van der Waals surface area contributed by atoms with Gasteiger partial charge in [-0.25, -0.2) is 4.79 Å². The highest BCUT2D eigenvalue weighted by Crippen LogP contribution is 2.17. The summed E-state index contributed by atoms with van der Waals surface area (Å²) in [6, 6.07) is 14.7. The van der Waals surface area contributed by atoms with E-state index < -0.39 is 6.03 Å². The zero-order valence-electron chi connectivity index (χ0n) is 16.0. The Kier molecular flexibility index (Phi) is 7.72. The molecule has 1 heterocycles. The van der Waals surface area contributed by atoms with Gasteiger partial charge in [-0.2, -0.15) is 0 Å². The van der Waals surface area contributed by atoms with E-state index in [1.807, 2.05) is 36.4 Å². The van der Waals surface area contributed by atoms with Crippen molar-refractivity contribution >= 4 is 34.9 Å². The first-order chi connectivity index (χ1) is 14.1. The number of carbonyl (C=O) groups is 2. The molecule has 1 fully saturated rings. The Labute approximate surface area is 175 Å². The highest BCUT2D eigenvalue weighted by molar-refractivity contribution is 6.30. The summed E-state index contributed by atoms with van der Waals surface area (Å²) in [5.74, 6) is -0.295. The molecule has 3 rings (SSSR count). The van der Waals surface area contributed by atoms with Gasteiger partial charge in [-0.1, -0.05) is 23.7 Å². The van der Waals surface area contributed by atoms with E-state index >= 15 is 0 Å². The number of ether oxygens (including phenoxy) is 1. The second-order valence-electron chi connectivity index (χ2n) is 6.82. The van der Waals surface area contributed by atoms with Gasteiger partial charge in [0.05, 0.1) is 6.54 Å². The molecule has 0 aliphatic carbocycles. The lowest BCUT2D eigenvalue weighted by atomic mass is 10.1. The lowest BCUT2D eigenvalue weighted by Crippen LogP contribution is -2.39. The van der Waals surface area contributed by atoms with Gasteiger partial charge in [0.1, 0.15) is 0 Å². The Morgan fingerprint density at radius 2 is 1.59 bits per heavy atom. The van der Waals surface area contributed by atoms with Gasteiger partial charge in [-0.3, -0.25) is 4.79 Å². The van der Waals surface area contributed by atoms with Crippen molar-refractivity contribution in [2.24, 2.45) is 0 Å². The van der Waals surface area contributed by atoms with E-state index in [1.54, 1.807) is 12.1 Å². The Morgan fingerprint density at radius 1 is 0.931 bits per heavy atom. The van der Waals surface area contributed by atoms with E-state index in [-0.39, 0.29) is 12.5 Å². The van der Waals surface area contributed by atoms with Gasteiger partial charge in [-0.05, 0) is 54.8 Å². The summed E-state index contributed by atoms with van der Waals surface area (Å²) in [6.45, 7) is 1.80. The second-order valence-corrected chi connectivity index (χ2v) is 7.26. The molecule has 0 atom stereocenters. The molecule has 0 aromatic heterocycles. The maximum atomic E-state index is 12.0. The summed E-state index contributed by atoms with van der Waals surface area (Å²) < 4.78 is 5.36. The highest BCUT2D eigenvalue weighted by atomic mass is 35.5. The van der Waals surface area contributed by atoms with Crippen LogP contribution in [0.2, 0.25) is 5.02 Å². The van der Waals surface area contributed by atoms with Gasteiger partial charge in [0.2, 0.25) is 5.91 Å². The Hall–Kier alpha value is -2.77. The SMILES string of the molecule is O=C(CNC(=O)NCc1ccc(Cl)cc1)Nc1ccc(NC2CCOCC2)cc1. The van der Waals surface area contributed by atoms with Crippen molar-refractivity contribution in [1.29, 1.82) is 0 Å². The van der Waals surface area contributed by atoms with E-state index in [0.717, 1.165) is 37.3 Å². The summed E-state index contributed by atoms with van der Waals surface area (Å²) in [5.41, 5.74) is 2.61. The van der Waals surface area contributed by atoms with Crippen LogP contribution in [0.4, 0.5) is 16.2 Å². The van der Waals surface area contributed by atoms with Gasteiger partial charge in [-0.15, -0.1) is 0 Å². The van der Waals surface area contributed by atoms with Crippen molar-refractivity contribution in [3.8, 4) is 0 Å². The monoisotopic (exact) mass is 416 g/mol. The molecule has 0 unspecified atom stereocenters. The fourth-order valence-corrected chi connectivity index (χ4v) is 3.07. The van der Waals surface area contributed by atoms with Crippen LogP contribution in [0.1, 0.15) is 18.4 Å². The normalized spacial score (nSPS) is 14.1.